The summed E-state index contributed by atoms with van der Waals surface area (Å²) in [6.45, 7) is 3.72. The number of thiol groups is 1. The van der Waals surface area contributed by atoms with Crippen molar-refractivity contribution < 1.29 is 9.53 Å². The highest BCUT2D eigenvalue weighted by Gasteiger charge is 2.18. The van der Waals surface area contributed by atoms with E-state index in [1.807, 2.05) is 12.2 Å². The maximum atomic E-state index is 11.3. The lowest BCUT2D eigenvalue weighted by atomic mass is 10.1. The third-order valence-electron chi connectivity index (χ3n) is 1.70. The maximum Gasteiger partial charge on any atom is 0.335 e. The lowest BCUT2D eigenvalue weighted by Gasteiger charge is -2.14. The molecule has 0 aromatic rings. The first-order chi connectivity index (χ1) is 6.25. The molecule has 0 radical (unpaired) electrons. The third-order valence-corrected chi connectivity index (χ3v) is 2.19. The SMILES string of the molecule is C=CCOC(=O)C1=CC=CCC1S. The molecule has 1 rings (SSSR count). The first kappa shape index (κ1) is 10.1. The van der Waals surface area contributed by atoms with E-state index < -0.39 is 0 Å². The Morgan fingerprint density at radius 3 is 3.23 bits per heavy atom. The molecule has 0 aromatic carbocycles. The molecule has 2 nitrogen and oxygen atoms in total. The summed E-state index contributed by atoms with van der Waals surface area (Å²) in [5.74, 6) is -0.302. The third kappa shape index (κ3) is 2.77. The molecule has 0 saturated carbocycles. The summed E-state index contributed by atoms with van der Waals surface area (Å²) in [4.78, 5) is 11.3. The van der Waals surface area contributed by atoms with Crippen LogP contribution in [-0.2, 0) is 9.53 Å². The number of rotatable bonds is 3. The Hall–Kier alpha value is -0.960. The highest BCUT2D eigenvalue weighted by atomic mass is 32.1. The molecule has 0 spiro atoms. The minimum atomic E-state index is -0.302. The fourth-order valence-electron chi connectivity index (χ4n) is 1.04. The van der Waals surface area contributed by atoms with Crippen LogP contribution in [0.3, 0.4) is 0 Å². The summed E-state index contributed by atoms with van der Waals surface area (Å²) in [6, 6.07) is 0. The van der Waals surface area contributed by atoms with Crippen LogP contribution in [0.1, 0.15) is 6.42 Å². The summed E-state index contributed by atoms with van der Waals surface area (Å²) < 4.78 is 4.89. The number of esters is 1. The van der Waals surface area contributed by atoms with Crippen LogP contribution in [0.2, 0.25) is 0 Å². The van der Waals surface area contributed by atoms with Crippen LogP contribution in [0.5, 0.6) is 0 Å². The minimum Gasteiger partial charge on any atom is -0.458 e. The summed E-state index contributed by atoms with van der Waals surface area (Å²) in [7, 11) is 0. The Balaban J connectivity index is 2.58. The van der Waals surface area contributed by atoms with Crippen molar-refractivity contribution in [1.82, 2.24) is 0 Å². The average molecular weight is 196 g/mol. The van der Waals surface area contributed by atoms with Gasteiger partial charge in [0.05, 0.1) is 5.57 Å². The lowest BCUT2D eigenvalue weighted by molar-refractivity contribution is -0.137. The molecule has 1 unspecified atom stereocenters. The van der Waals surface area contributed by atoms with Gasteiger partial charge < -0.3 is 4.74 Å². The number of hydrogen-bond donors (Lipinski definition) is 1. The van der Waals surface area contributed by atoms with Gasteiger partial charge in [0.2, 0.25) is 0 Å². The van der Waals surface area contributed by atoms with Gasteiger partial charge in [-0.1, -0.05) is 30.9 Å². The van der Waals surface area contributed by atoms with Crippen LogP contribution in [-0.4, -0.2) is 17.8 Å². The van der Waals surface area contributed by atoms with E-state index in [1.165, 1.54) is 0 Å². The van der Waals surface area contributed by atoms with Crippen molar-refractivity contribution in [1.29, 1.82) is 0 Å². The zero-order chi connectivity index (χ0) is 9.68. The highest BCUT2D eigenvalue weighted by molar-refractivity contribution is 7.81. The summed E-state index contributed by atoms with van der Waals surface area (Å²) in [5, 5.41) is -0.0395. The molecule has 13 heavy (non-hydrogen) atoms. The maximum absolute atomic E-state index is 11.3. The number of carbonyl (C=O) groups excluding carboxylic acids is 1. The lowest BCUT2D eigenvalue weighted by Crippen LogP contribution is -2.17. The molecular formula is C10H12O2S. The molecule has 3 heteroatoms. The van der Waals surface area contributed by atoms with Crippen LogP contribution in [0.15, 0.2) is 36.5 Å². The minimum absolute atomic E-state index is 0.0395. The van der Waals surface area contributed by atoms with E-state index >= 15 is 0 Å². The Bertz CT molecular complexity index is 266. The van der Waals surface area contributed by atoms with Gasteiger partial charge in [0.25, 0.3) is 0 Å². The zero-order valence-corrected chi connectivity index (χ0v) is 8.17. The normalized spacial score (nSPS) is 20.7. The predicted octanol–water partition coefficient (Wildman–Crippen LogP) is 1.90. The average Bonchev–Trinajstić information content (AvgIpc) is 2.15. The number of carbonyl (C=O) groups is 1. The summed E-state index contributed by atoms with van der Waals surface area (Å²) in [5.41, 5.74) is 0.618. The fourth-order valence-corrected chi connectivity index (χ4v) is 1.35. The van der Waals surface area contributed by atoms with Gasteiger partial charge in [-0.25, -0.2) is 4.79 Å². The van der Waals surface area contributed by atoms with Gasteiger partial charge in [-0.15, -0.1) is 0 Å². The molecule has 0 N–H and O–H groups in total. The van der Waals surface area contributed by atoms with Crippen molar-refractivity contribution in [2.75, 3.05) is 6.61 Å². The van der Waals surface area contributed by atoms with Gasteiger partial charge in [-0.2, -0.15) is 12.6 Å². The number of hydrogen-bond acceptors (Lipinski definition) is 3. The van der Waals surface area contributed by atoms with E-state index in [1.54, 1.807) is 12.2 Å². The monoisotopic (exact) mass is 196 g/mol. The van der Waals surface area contributed by atoms with E-state index in [0.717, 1.165) is 6.42 Å². The molecule has 0 heterocycles. The first-order valence-corrected chi connectivity index (χ1v) is 4.60. The molecule has 0 aliphatic heterocycles. The van der Waals surface area contributed by atoms with Crippen LogP contribution >= 0.6 is 12.6 Å². The smallest absolute Gasteiger partial charge is 0.335 e. The quantitative estimate of drug-likeness (QED) is 0.424. The Morgan fingerprint density at radius 2 is 2.62 bits per heavy atom. The number of allylic oxidation sites excluding steroid dienone is 3. The van der Waals surface area contributed by atoms with Gasteiger partial charge in [-0.3, -0.25) is 0 Å². The number of ether oxygens (including phenoxy) is 1. The van der Waals surface area contributed by atoms with E-state index in [0.29, 0.717) is 5.57 Å². The van der Waals surface area contributed by atoms with Gasteiger partial charge in [0.15, 0.2) is 0 Å². The molecule has 1 aliphatic rings. The van der Waals surface area contributed by atoms with Crippen LogP contribution < -0.4 is 0 Å². The van der Waals surface area contributed by atoms with E-state index in [9.17, 15) is 4.79 Å². The van der Waals surface area contributed by atoms with Crippen molar-refractivity contribution in [2.45, 2.75) is 11.7 Å². The topological polar surface area (TPSA) is 26.3 Å². The van der Waals surface area contributed by atoms with Gasteiger partial charge in [-0.05, 0) is 6.42 Å². The van der Waals surface area contributed by atoms with Crippen LogP contribution in [0.4, 0.5) is 0 Å². The second kappa shape index (κ2) is 4.92. The molecule has 0 bridgehead atoms. The summed E-state index contributed by atoms with van der Waals surface area (Å²) in [6.07, 6.45) is 7.88. The van der Waals surface area contributed by atoms with Crippen molar-refractivity contribution in [2.24, 2.45) is 0 Å². The molecule has 0 saturated heterocycles. The molecule has 0 fully saturated rings. The first-order valence-electron chi connectivity index (χ1n) is 4.08. The van der Waals surface area contributed by atoms with Crippen molar-refractivity contribution in [3.05, 3.63) is 36.5 Å². The van der Waals surface area contributed by atoms with Crippen LogP contribution in [0, 0.1) is 0 Å². The molecule has 70 valence electrons. The van der Waals surface area contributed by atoms with E-state index in [2.05, 4.69) is 19.2 Å². The van der Waals surface area contributed by atoms with Crippen molar-refractivity contribution in [3.8, 4) is 0 Å². The van der Waals surface area contributed by atoms with Gasteiger partial charge in [0.1, 0.15) is 6.61 Å². The standard InChI is InChI=1S/C10H12O2S/c1-2-7-12-10(11)8-5-3-4-6-9(8)13/h2-5,9,13H,1,6-7H2. The predicted molar refractivity (Wildman–Crippen MR) is 55.8 cm³/mol. The Kier molecular flexibility index (Phi) is 3.83. The molecule has 1 atom stereocenters. The molecular weight excluding hydrogens is 184 g/mol. The molecule has 0 aromatic heterocycles. The second-order valence-electron chi connectivity index (χ2n) is 2.69. The molecule has 1 aliphatic carbocycles. The second-order valence-corrected chi connectivity index (χ2v) is 3.31. The Labute approximate surface area is 83.4 Å². The largest absolute Gasteiger partial charge is 0.458 e. The van der Waals surface area contributed by atoms with E-state index in [4.69, 9.17) is 4.74 Å². The van der Waals surface area contributed by atoms with Crippen molar-refractivity contribution in [3.63, 3.8) is 0 Å². The van der Waals surface area contributed by atoms with Crippen molar-refractivity contribution >= 4 is 18.6 Å². The molecule has 0 amide bonds. The fraction of sp³-hybridized carbons (Fsp3) is 0.300. The zero-order valence-electron chi connectivity index (χ0n) is 7.27. The van der Waals surface area contributed by atoms with Gasteiger partial charge >= 0.3 is 5.97 Å². The van der Waals surface area contributed by atoms with Gasteiger partial charge in [0, 0.05) is 5.25 Å². The summed E-state index contributed by atoms with van der Waals surface area (Å²) >= 11 is 4.27. The highest BCUT2D eigenvalue weighted by Crippen LogP contribution is 2.19. The van der Waals surface area contributed by atoms with E-state index in [-0.39, 0.29) is 17.8 Å². The van der Waals surface area contributed by atoms with Crippen LogP contribution in [0.25, 0.3) is 0 Å². The Morgan fingerprint density at radius 1 is 1.85 bits per heavy atom.